The highest BCUT2D eigenvalue weighted by atomic mass is 19.1. The Bertz CT molecular complexity index is 1340. The van der Waals surface area contributed by atoms with Gasteiger partial charge < -0.3 is 63.2 Å². The van der Waals surface area contributed by atoms with E-state index in [4.69, 9.17) is 57.8 Å². The summed E-state index contributed by atoms with van der Waals surface area (Å²) < 4.78 is 73.4. The van der Waals surface area contributed by atoms with Crippen LogP contribution in [0.25, 0.3) is 6.08 Å². The topological polar surface area (TPSA) is 200 Å². The first-order valence-electron chi connectivity index (χ1n) is 18.1. The molecule has 0 heterocycles. The number of carbonyl (C=O) groups is 1. The van der Waals surface area contributed by atoms with Gasteiger partial charge in [0.05, 0.1) is 142 Å². The van der Waals surface area contributed by atoms with Crippen LogP contribution in [0.15, 0.2) is 42.5 Å². The Labute approximate surface area is 321 Å². The number of nitrogens with one attached hydrogen (secondary N) is 1. The second-order valence-electron chi connectivity index (χ2n) is 11.1. The van der Waals surface area contributed by atoms with Gasteiger partial charge in [-0.05, 0) is 36.8 Å². The van der Waals surface area contributed by atoms with Crippen molar-refractivity contribution in [3.05, 3.63) is 64.0 Å². The fraction of sp³-hybridized carbons (Fsp3) is 0.595. The Balaban J connectivity index is 1.23. The van der Waals surface area contributed by atoms with Gasteiger partial charge in [-0.1, -0.05) is 0 Å². The number of benzene rings is 2. The van der Waals surface area contributed by atoms with Crippen LogP contribution in [-0.4, -0.2) is 150 Å². The van der Waals surface area contributed by atoms with Gasteiger partial charge in [0.2, 0.25) is 0 Å². The number of halogens is 1. The lowest BCUT2D eigenvalue weighted by Gasteiger charge is -2.10. The monoisotopic (exact) mass is 785 g/mol. The van der Waals surface area contributed by atoms with Crippen molar-refractivity contribution in [3.63, 3.8) is 0 Å². The molecule has 0 unspecified atom stereocenters. The normalized spacial score (nSPS) is 11.3. The quantitative estimate of drug-likeness (QED) is 0.0254. The molecule has 0 bridgehead atoms. The maximum absolute atomic E-state index is 13.8. The fourth-order valence-corrected chi connectivity index (χ4v) is 4.28. The van der Waals surface area contributed by atoms with Crippen LogP contribution in [0.1, 0.15) is 12.5 Å². The van der Waals surface area contributed by atoms with E-state index < -0.39 is 16.7 Å². The molecule has 0 aliphatic rings. The number of nitrogens with zero attached hydrogens (tertiary/aromatic N) is 1. The molecule has 2 aromatic rings. The van der Waals surface area contributed by atoms with Crippen LogP contribution in [0.4, 0.5) is 21.5 Å². The van der Waals surface area contributed by atoms with Crippen LogP contribution in [0, 0.1) is 15.9 Å². The van der Waals surface area contributed by atoms with Crippen molar-refractivity contribution in [2.24, 2.45) is 0 Å². The Morgan fingerprint density at radius 1 is 0.691 bits per heavy atom. The smallest absolute Gasteiger partial charge is 0.330 e. The molecule has 0 aromatic heterocycles. The van der Waals surface area contributed by atoms with Crippen molar-refractivity contribution in [2.75, 3.05) is 150 Å². The van der Waals surface area contributed by atoms with E-state index in [0.717, 1.165) is 0 Å². The number of anilines is 2. The Hall–Kier alpha value is -3.98. The molecular weight excluding hydrogens is 729 g/mol. The Morgan fingerprint density at radius 2 is 1.15 bits per heavy atom. The molecule has 0 spiro atoms. The first-order valence-corrected chi connectivity index (χ1v) is 18.1. The third-order valence-corrected chi connectivity index (χ3v) is 6.87. The lowest BCUT2D eigenvalue weighted by atomic mass is 10.2. The van der Waals surface area contributed by atoms with Crippen LogP contribution >= 0.6 is 0 Å². The molecule has 2 rings (SSSR count). The van der Waals surface area contributed by atoms with E-state index in [1.54, 1.807) is 19.1 Å². The largest absolute Gasteiger partial charge is 0.491 e. The number of esters is 1. The van der Waals surface area contributed by atoms with Gasteiger partial charge in [-0.15, -0.1) is 0 Å². The molecule has 0 amide bonds. The summed E-state index contributed by atoms with van der Waals surface area (Å²) in [4.78, 5) is 21.7. The second kappa shape index (κ2) is 32.3. The predicted octanol–water partition coefficient (Wildman–Crippen LogP) is 3.53. The Morgan fingerprint density at radius 3 is 1.58 bits per heavy atom. The Kier molecular flexibility index (Phi) is 27.7. The average molecular weight is 786 g/mol. The summed E-state index contributed by atoms with van der Waals surface area (Å²) in [5.74, 6) is -0.641. The van der Waals surface area contributed by atoms with Crippen molar-refractivity contribution < 1.29 is 66.2 Å². The van der Waals surface area contributed by atoms with Gasteiger partial charge >= 0.3 is 5.97 Å². The minimum absolute atomic E-state index is 0.0512. The van der Waals surface area contributed by atoms with Crippen molar-refractivity contribution in [2.45, 2.75) is 6.92 Å². The van der Waals surface area contributed by atoms with E-state index in [1.807, 2.05) is 0 Å². The molecule has 55 heavy (non-hydrogen) atoms. The summed E-state index contributed by atoms with van der Waals surface area (Å²) in [7, 11) is 0. The van der Waals surface area contributed by atoms with Gasteiger partial charge in [-0.3, -0.25) is 10.1 Å². The maximum atomic E-state index is 13.8. The third kappa shape index (κ3) is 25.7. The van der Waals surface area contributed by atoms with Crippen LogP contribution in [0.5, 0.6) is 5.75 Å². The lowest BCUT2D eigenvalue weighted by molar-refractivity contribution is -0.384. The van der Waals surface area contributed by atoms with Gasteiger partial charge in [0.15, 0.2) is 0 Å². The van der Waals surface area contributed by atoms with E-state index in [1.165, 1.54) is 36.4 Å². The van der Waals surface area contributed by atoms with E-state index >= 15 is 0 Å². The van der Waals surface area contributed by atoms with Crippen LogP contribution < -0.4 is 15.8 Å². The zero-order chi connectivity index (χ0) is 39.6. The molecule has 2 aromatic carbocycles. The summed E-state index contributed by atoms with van der Waals surface area (Å²) in [5, 5.41) is 13.8. The molecule has 0 saturated carbocycles. The van der Waals surface area contributed by atoms with Crippen molar-refractivity contribution >= 4 is 29.1 Å². The lowest BCUT2D eigenvalue weighted by Crippen LogP contribution is -2.16. The molecule has 0 saturated heterocycles. The molecular formula is C37H56FN3O14. The summed E-state index contributed by atoms with van der Waals surface area (Å²) in [6.07, 6.45) is 2.70. The number of rotatable bonds is 36. The van der Waals surface area contributed by atoms with Crippen LogP contribution in [0.3, 0.4) is 0 Å². The van der Waals surface area contributed by atoms with Crippen molar-refractivity contribution in [1.29, 1.82) is 0 Å². The molecule has 3 N–H and O–H groups in total. The highest BCUT2D eigenvalue weighted by Crippen LogP contribution is 2.23. The molecule has 0 aliphatic carbocycles. The number of nitro benzene ring substituents is 1. The predicted molar refractivity (Wildman–Crippen MR) is 201 cm³/mol. The molecule has 0 aliphatic heterocycles. The van der Waals surface area contributed by atoms with Crippen LogP contribution in [0.2, 0.25) is 0 Å². The van der Waals surface area contributed by atoms with Gasteiger partial charge in [-0.25, -0.2) is 9.18 Å². The summed E-state index contributed by atoms with van der Waals surface area (Å²) in [6, 6.07) is 8.46. The minimum Gasteiger partial charge on any atom is -0.491 e. The number of ether oxygens (including phenoxy) is 11. The molecule has 17 nitrogen and oxygen atoms in total. The zero-order valence-corrected chi connectivity index (χ0v) is 31.6. The number of non-ortho nitro benzene ring substituents is 1. The number of carbonyl (C=O) groups excluding carboxylic acids is 1. The van der Waals surface area contributed by atoms with Gasteiger partial charge in [0, 0.05) is 30.8 Å². The molecule has 18 heteroatoms. The zero-order valence-electron chi connectivity index (χ0n) is 31.6. The number of hydrogen-bond donors (Lipinski definition) is 2. The highest BCUT2D eigenvalue weighted by Gasteiger charge is 2.08. The molecule has 0 atom stereocenters. The average Bonchev–Trinajstić information content (AvgIpc) is 3.16. The first kappa shape index (κ1) is 47.2. The fourth-order valence-electron chi connectivity index (χ4n) is 4.28. The van der Waals surface area contributed by atoms with E-state index in [0.29, 0.717) is 148 Å². The van der Waals surface area contributed by atoms with Gasteiger partial charge in [0.25, 0.3) is 5.69 Å². The number of nitrogens with two attached hydrogens (primary N) is 1. The highest BCUT2D eigenvalue weighted by molar-refractivity contribution is 5.87. The third-order valence-electron chi connectivity index (χ3n) is 6.87. The SMILES string of the molecule is CCOC(=O)/C=C/c1cc(F)cc(OCCOCCOCCOCCOCCOCCOCCOCCOCCOCCNc2ccc([N+](=O)[O-])cc2N)c1. The number of nitrogen functional groups attached to an aromatic ring is 1. The van der Waals surface area contributed by atoms with E-state index in [-0.39, 0.29) is 18.9 Å². The molecule has 310 valence electrons. The van der Waals surface area contributed by atoms with Crippen LogP contribution in [-0.2, 0) is 52.2 Å². The summed E-state index contributed by atoms with van der Waals surface area (Å²) in [5.41, 5.74) is 7.18. The van der Waals surface area contributed by atoms with Gasteiger partial charge in [-0.2, -0.15) is 0 Å². The summed E-state index contributed by atoms with van der Waals surface area (Å²) >= 11 is 0. The standard InChI is InChI=1S/C37H56FN3O14/c1-2-54-37(42)6-3-31-27-32(38)29-34(28-31)55-26-25-53-24-23-52-22-21-51-20-19-50-18-17-49-16-15-48-14-13-47-12-11-46-10-9-45-8-7-40-36-5-4-33(41(43)44)30-35(36)39/h3-6,27-30,40H,2,7-26,39H2,1H3/b6-3+. The number of nitro groups is 1. The molecule has 0 radical (unpaired) electrons. The molecule has 0 fully saturated rings. The van der Waals surface area contributed by atoms with E-state index in [9.17, 15) is 19.3 Å². The maximum Gasteiger partial charge on any atom is 0.330 e. The van der Waals surface area contributed by atoms with Gasteiger partial charge in [0.1, 0.15) is 18.2 Å². The van der Waals surface area contributed by atoms with Crippen molar-refractivity contribution in [3.8, 4) is 5.75 Å². The van der Waals surface area contributed by atoms with Crippen molar-refractivity contribution in [1.82, 2.24) is 0 Å². The first-order chi connectivity index (χ1) is 26.9. The van der Waals surface area contributed by atoms with E-state index in [2.05, 4.69) is 5.32 Å². The number of hydrogen-bond acceptors (Lipinski definition) is 16. The summed E-state index contributed by atoms with van der Waals surface area (Å²) in [6.45, 7) is 10.5. The minimum atomic E-state index is -0.498. The second-order valence-corrected chi connectivity index (χ2v) is 11.1.